The number of nitrogens with one attached hydrogen (secondary N) is 1. The zero-order chi connectivity index (χ0) is 14.4. The number of anilines is 1. The van der Waals surface area contributed by atoms with Gasteiger partial charge in [0.05, 0.1) is 6.42 Å². The highest BCUT2D eigenvalue weighted by Gasteiger charge is 2.53. The van der Waals surface area contributed by atoms with E-state index in [4.69, 9.17) is 5.73 Å². The molecule has 4 rings (SSSR count). The summed E-state index contributed by atoms with van der Waals surface area (Å²) in [6, 6.07) is 8.73. The first-order valence-corrected chi connectivity index (χ1v) is 8.35. The lowest BCUT2D eigenvalue weighted by Gasteiger charge is -2.33. The molecule has 3 N–H and O–H groups in total. The molecule has 2 bridgehead atoms. The van der Waals surface area contributed by atoms with Crippen molar-refractivity contribution in [2.75, 3.05) is 5.32 Å². The van der Waals surface area contributed by atoms with Crippen LogP contribution in [0.1, 0.15) is 37.7 Å². The molecule has 3 aliphatic carbocycles. The third-order valence-corrected chi connectivity index (χ3v) is 6.15. The van der Waals surface area contributed by atoms with Crippen LogP contribution < -0.4 is 11.1 Å². The van der Waals surface area contributed by atoms with Crippen molar-refractivity contribution in [1.29, 1.82) is 0 Å². The Morgan fingerprint density at radius 3 is 2.81 bits per heavy atom. The zero-order valence-corrected chi connectivity index (χ0v) is 12.4. The van der Waals surface area contributed by atoms with Crippen molar-refractivity contribution in [3.8, 4) is 0 Å². The first kappa shape index (κ1) is 13.2. The molecule has 3 nitrogen and oxygen atoms in total. The Morgan fingerprint density at radius 2 is 1.95 bits per heavy atom. The van der Waals surface area contributed by atoms with Crippen LogP contribution in [0.25, 0.3) is 0 Å². The summed E-state index contributed by atoms with van der Waals surface area (Å²) in [5.74, 6) is 3.53. The molecule has 21 heavy (non-hydrogen) atoms. The van der Waals surface area contributed by atoms with Crippen LogP contribution in [0.5, 0.6) is 0 Å². The molecule has 1 amide bonds. The number of carbonyl (C=O) groups is 1. The number of primary amides is 1. The Hall–Kier alpha value is -1.51. The molecule has 0 aliphatic heterocycles. The maximum absolute atomic E-state index is 11.2. The van der Waals surface area contributed by atoms with E-state index in [1.807, 2.05) is 18.2 Å². The van der Waals surface area contributed by atoms with E-state index in [-0.39, 0.29) is 5.91 Å². The maximum Gasteiger partial charge on any atom is 0.221 e. The molecule has 3 saturated carbocycles. The summed E-state index contributed by atoms with van der Waals surface area (Å²) in [4.78, 5) is 11.2. The van der Waals surface area contributed by atoms with Crippen LogP contribution in [0.4, 0.5) is 5.69 Å². The third kappa shape index (κ3) is 2.23. The van der Waals surface area contributed by atoms with Crippen molar-refractivity contribution in [2.24, 2.45) is 29.4 Å². The third-order valence-electron chi connectivity index (χ3n) is 6.15. The predicted molar refractivity (Wildman–Crippen MR) is 83.8 cm³/mol. The minimum Gasteiger partial charge on any atom is -0.382 e. The predicted octanol–water partition coefficient (Wildman–Crippen LogP) is 2.95. The molecule has 1 aromatic rings. The molecule has 0 heterocycles. The minimum atomic E-state index is -0.256. The molecule has 5 unspecified atom stereocenters. The van der Waals surface area contributed by atoms with E-state index in [1.165, 1.54) is 32.1 Å². The van der Waals surface area contributed by atoms with Crippen molar-refractivity contribution in [3.63, 3.8) is 0 Å². The molecule has 1 aromatic carbocycles. The Bertz CT molecular complexity index is 556. The first-order chi connectivity index (χ1) is 10.2. The van der Waals surface area contributed by atoms with Crippen molar-refractivity contribution >= 4 is 11.6 Å². The molecule has 0 aromatic heterocycles. The van der Waals surface area contributed by atoms with Crippen LogP contribution in [0.3, 0.4) is 0 Å². The first-order valence-electron chi connectivity index (χ1n) is 8.35. The zero-order valence-electron chi connectivity index (χ0n) is 12.4. The Kier molecular flexibility index (Phi) is 3.16. The summed E-state index contributed by atoms with van der Waals surface area (Å²) >= 11 is 0. The lowest BCUT2D eigenvalue weighted by atomic mass is 9.79. The molecular weight excluding hydrogens is 260 g/mol. The van der Waals surface area contributed by atoms with E-state index >= 15 is 0 Å². The number of carbonyl (C=O) groups excluding carboxylic acids is 1. The van der Waals surface area contributed by atoms with Gasteiger partial charge in [0.1, 0.15) is 0 Å². The number of hydrogen-bond donors (Lipinski definition) is 2. The molecule has 3 heteroatoms. The summed E-state index contributed by atoms with van der Waals surface area (Å²) in [6.07, 6.45) is 7.41. The highest BCUT2D eigenvalue weighted by molar-refractivity contribution is 5.78. The Balaban J connectivity index is 1.51. The summed E-state index contributed by atoms with van der Waals surface area (Å²) in [5, 5.41) is 3.75. The van der Waals surface area contributed by atoms with E-state index in [9.17, 15) is 4.79 Å². The van der Waals surface area contributed by atoms with Crippen LogP contribution in [0, 0.1) is 23.7 Å². The quantitative estimate of drug-likeness (QED) is 0.893. The lowest BCUT2D eigenvalue weighted by Crippen LogP contribution is -2.34. The van der Waals surface area contributed by atoms with Gasteiger partial charge in [-0.2, -0.15) is 0 Å². The van der Waals surface area contributed by atoms with Gasteiger partial charge in [-0.05, 0) is 61.0 Å². The Morgan fingerprint density at radius 1 is 1.14 bits per heavy atom. The van der Waals surface area contributed by atoms with E-state index in [0.717, 1.165) is 34.9 Å². The second kappa shape index (κ2) is 5.04. The summed E-state index contributed by atoms with van der Waals surface area (Å²) < 4.78 is 0. The number of hydrogen-bond acceptors (Lipinski definition) is 2. The van der Waals surface area contributed by atoms with Crippen molar-refractivity contribution < 1.29 is 4.79 Å². The number of nitrogens with two attached hydrogens (primary N) is 1. The van der Waals surface area contributed by atoms with Crippen LogP contribution in [0.15, 0.2) is 24.3 Å². The fraction of sp³-hybridized carbons (Fsp3) is 0.611. The largest absolute Gasteiger partial charge is 0.382 e. The van der Waals surface area contributed by atoms with Gasteiger partial charge in [0.2, 0.25) is 5.91 Å². The molecule has 3 fully saturated rings. The number of para-hydroxylation sites is 1. The number of amides is 1. The molecule has 3 aliphatic rings. The second-order valence-corrected chi connectivity index (χ2v) is 7.21. The summed E-state index contributed by atoms with van der Waals surface area (Å²) in [7, 11) is 0. The second-order valence-electron chi connectivity index (χ2n) is 7.21. The normalized spacial score (nSPS) is 36.7. The van der Waals surface area contributed by atoms with Gasteiger partial charge in [-0.1, -0.05) is 24.6 Å². The van der Waals surface area contributed by atoms with Gasteiger partial charge in [0.25, 0.3) is 0 Å². The molecule has 112 valence electrons. The van der Waals surface area contributed by atoms with Gasteiger partial charge < -0.3 is 11.1 Å². The fourth-order valence-corrected chi connectivity index (χ4v) is 5.44. The van der Waals surface area contributed by atoms with Crippen LogP contribution in [0.2, 0.25) is 0 Å². The van der Waals surface area contributed by atoms with Crippen LogP contribution >= 0.6 is 0 Å². The molecule has 0 radical (unpaired) electrons. The molecule has 0 spiro atoms. The maximum atomic E-state index is 11.2. The molecule has 5 atom stereocenters. The minimum absolute atomic E-state index is 0.256. The standard InChI is InChI=1S/C18H24N2O/c19-18(21)10-11-4-1-2-7-16(11)20-17-9-12-8-15(17)14-6-3-5-13(12)14/h1-2,4,7,12-15,17,20H,3,5-6,8-10H2,(H2,19,21). The van der Waals surface area contributed by atoms with E-state index < -0.39 is 0 Å². The Labute approximate surface area is 126 Å². The summed E-state index contributed by atoms with van der Waals surface area (Å²) in [6.45, 7) is 0. The van der Waals surface area contributed by atoms with Crippen molar-refractivity contribution in [3.05, 3.63) is 29.8 Å². The van der Waals surface area contributed by atoms with Crippen LogP contribution in [-0.4, -0.2) is 11.9 Å². The van der Waals surface area contributed by atoms with Gasteiger partial charge in [-0.15, -0.1) is 0 Å². The SMILES string of the molecule is NC(=O)Cc1ccccc1NC1CC2CC1C1CCCC21. The summed E-state index contributed by atoms with van der Waals surface area (Å²) in [5.41, 5.74) is 7.52. The van der Waals surface area contributed by atoms with Gasteiger partial charge in [0, 0.05) is 11.7 Å². The lowest BCUT2D eigenvalue weighted by molar-refractivity contribution is -0.117. The van der Waals surface area contributed by atoms with Gasteiger partial charge in [-0.25, -0.2) is 0 Å². The highest BCUT2D eigenvalue weighted by Crippen LogP contribution is 2.59. The van der Waals surface area contributed by atoms with Gasteiger partial charge in [0.15, 0.2) is 0 Å². The topological polar surface area (TPSA) is 55.1 Å². The molecule has 0 saturated heterocycles. The van der Waals surface area contributed by atoms with E-state index in [1.54, 1.807) is 0 Å². The number of fused-ring (bicyclic) bond motifs is 5. The average molecular weight is 284 g/mol. The monoisotopic (exact) mass is 284 g/mol. The fourth-order valence-electron chi connectivity index (χ4n) is 5.44. The van der Waals surface area contributed by atoms with Gasteiger partial charge in [-0.3, -0.25) is 4.79 Å². The smallest absolute Gasteiger partial charge is 0.221 e. The van der Waals surface area contributed by atoms with Crippen molar-refractivity contribution in [2.45, 2.75) is 44.6 Å². The van der Waals surface area contributed by atoms with E-state index in [2.05, 4.69) is 11.4 Å². The van der Waals surface area contributed by atoms with E-state index in [0.29, 0.717) is 12.5 Å². The highest BCUT2D eigenvalue weighted by atomic mass is 16.1. The number of benzene rings is 1. The molecular formula is C18H24N2O. The van der Waals surface area contributed by atoms with Crippen molar-refractivity contribution in [1.82, 2.24) is 0 Å². The van der Waals surface area contributed by atoms with Crippen LogP contribution in [-0.2, 0) is 11.2 Å². The van der Waals surface area contributed by atoms with Gasteiger partial charge >= 0.3 is 0 Å². The average Bonchev–Trinajstić information content (AvgIpc) is 3.12. The number of rotatable bonds is 4.